The Kier molecular flexibility index (Phi) is 5.09. The van der Waals surface area contributed by atoms with E-state index in [2.05, 4.69) is 27.2 Å². The van der Waals surface area contributed by atoms with Gasteiger partial charge in [0.25, 0.3) is 5.91 Å². The fourth-order valence-electron chi connectivity index (χ4n) is 3.55. The molecular formula is C22H21N5O4. The van der Waals surface area contributed by atoms with Crippen molar-refractivity contribution in [3.8, 4) is 17.5 Å². The molecule has 2 N–H and O–H groups in total. The van der Waals surface area contributed by atoms with Crippen molar-refractivity contribution < 1.29 is 19.4 Å². The average Bonchev–Trinajstić information content (AvgIpc) is 3.31. The quantitative estimate of drug-likeness (QED) is 0.485. The van der Waals surface area contributed by atoms with Crippen molar-refractivity contribution in [2.45, 2.75) is 12.0 Å². The number of rotatable bonds is 3. The normalized spacial score (nSPS) is 18.1. The maximum Gasteiger partial charge on any atom is 0.359 e. The molecule has 9 nitrogen and oxygen atoms in total. The van der Waals surface area contributed by atoms with Gasteiger partial charge in [-0.25, -0.2) is 14.5 Å². The molecule has 9 heteroatoms. The van der Waals surface area contributed by atoms with Crippen molar-refractivity contribution in [3.05, 3.63) is 47.8 Å². The van der Waals surface area contributed by atoms with E-state index >= 15 is 0 Å². The van der Waals surface area contributed by atoms with Crippen LogP contribution in [0, 0.1) is 11.8 Å². The van der Waals surface area contributed by atoms with E-state index < -0.39 is 17.5 Å². The number of anilines is 1. The van der Waals surface area contributed by atoms with Crippen molar-refractivity contribution in [1.82, 2.24) is 19.7 Å². The summed E-state index contributed by atoms with van der Waals surface area (Å²) in [5.41, 5.74) is 0.382. The topological polar surface area (TPSA) is 110 Å². The number of aromatic nitrogens is 3. The van der Waals surface area contributed by atoms with Gasteiger partial charge in [0.1, 0.15) is 5.82 Å². The Labute approximate surface area is 178 Å². The highest BCUT2D eigenvalue weighted by Crippen LogP contribution is 2.28. The first-order valence-corrected chi connectivity index (χ1v) is 9.63. The van der Waals surface area contributed by atoms with Crippen LogP contribution >= 0.6 is 0 Å². The van der Waals surface area contributed by atoms with Gasteiger partial charge in [0.05, 0.1) is 23.7 Å². The first-order chi connectivity index (χ1) is 14.9. The average molecular weight is 419 g/mol. The molecule has 1 saturated heterocycles. The number of aliphatic hydroxyl groups is 1. The molecule has 0 saturated carbocycles. The number of methoxy groups -OCH3 is 1. The van der Waals surface area contributed by atoms with Gasteiger partial charge in [-0.15, -0.1) is 0 Å². The van der Waals surface area contributed by atoms with Crippen LogP contribution in [-0.4, -0.2) is 70.0 Å². The smallest absolute Gasteiger partial charge is 0.359 e. The number of benzene rings is 1. The van der Waals surface area contributed by atoms with E-state index in [-0.39, 0.29) is 12.1 Å². The lowest BCUT2D eigenvalue weighted by molar-refractivity contribution is -0.137. The predicted molar refractivity (Wildman–Crippen MR) is 114 cm³/mol. The summed E-state index contributed by atoms with van der Waals surface area (Å²) in [6, 6.07) is 8.91. The second-order valence-corrected chi connectivity index (χ2v) is 7.19. The third kappa shape index (κ3) is 3.47. The van der Waals surface area contributed by atoms with E-state index in [9.17, 15) is 14.7 Å². The minimum Gasteiger partial charge on any atom is -0.464 e. The number of amides is 1. The molecule has 158 valence electrons. The molecule has 0 spiro atoms. The van der Waals surface area contributed by atoms with Crippen LogP contribution in [-0.2, 0) is 9.53 Å². The molecule has 3 aromatic rings. The zero-order chi connectivity index (χ0) is 22.2. The molecule has 1 aromatic carbocycles. The highest BCUT2D eigenvalue weighted by atomic mass is 16.5. The summed E-state index contributed by atoms with van der Waals surface area (Å²) >= 11 is 0. The van der Waals surface area contributed by atoms with Gasteiger partial charge in [-0.05, 0) is 24.3 Å². The summed E-state index contributed by atoms with van der Waals surface area (Å²) in [5.74, 6) is 5.14. The Morgan fingerprint density at radius 1 is 1.35 bits per heavy atom. The Balaban J connectivity index is 1.80. The number of hydrogen-bond acceptors (Lipinski definition) is 7. The Morgan fingerprint density at radius 3 is 2.84 bits per heavy atom. The first-order valence-electron chi connectivity index (χ1n) is 9.63. The summed E-state index contributed by atoms with van der Waals surface area (Å²) in [6.07, 6.45) is 1.88. The number of likely N-dealkylation sites (tertiary alicyclic amines) is 1. The van der Waals surface area contributed by atoms with Crippen molar-refractivity contribution in [3.63, 3.8) is 0 Å². The summed E-state index contributed by atoms with van der Waals surface area (Å²) in [7, 11) is 4.65. The number of pyridine rings is 1. The first kappa shape index (κ1) is 20.4. The van der Waals surface area contributed by atoms with Crippen LogP contribution in [0.2, 0.25) is 0 Å². The number of hydrogen-bond donors (Lipinski definition) is 2. The minimum atomic E-state index is -1.67. The van der Waals surface area contributed by atoms with Crippen LogP contribution in [0.25, 0.3) is 16.6 Å². The van der Waals surface area contributed by atoms with Crippen molar-refractivity contribution in [2.75, 3.05) is 33.1 Å². The zero-order valence-electron chi connectivity index (χ0n) is 17.3. The molecule has 0 bridgehead atoms. The third-order valence-corrected chi connectivity index (χ3v) is 5.22. The van der Waals surface area contributed by atoms with Crippen LogP contribution in [0.5, 0.6) is 0 Å². The summed E-state index contributed by atoms with van der Waals surface area (Å²) in [4.78, 5) is 30.2. The SMILES string of the molecule is CNc1nccc2c1c(C(=O)OC)nn2-c1cccc(C#CC2(O)CCN(C)C2=O)c1. The fraction of sp³-hybridized carbons (Fsp3) is 0.273. The van der Waals surface area contributed by atoms with Crippen LogP contribution < -0.4 is 5.32 Å². The predicted octanol–water partition coefficient (Wildman–Crippen LogP) is 1.19. The summed E-state index contributed by atoms with van der Waals surface area (Å²) in [5, 5.41) is 18.5. The lowest BCUT2D eigenvalue weighted by Crippen LogP contribution is -2.37. The molecule has 1 aliphatic heterocycles. The minimum absolute atomic E-state index is 0.139. The van der Waals surface area contributed by atoms with Gasteiger partial charge in [-0.2, -0.15) is 5.10 Å². The lowest BCUT2D eigenvalue weighted by Gasteiger charge is -2.13. The third-order valence-electron chi connectivity index (χ3n) is 5.22. The number of nitrogens with one attached hydrogen (secondary N) is 1. The van der Waals surface area contributed by atoms with E-state index in [0.717, 1.165) is 0 Å². The number of likely N-dealkylation sites (N-methyl/N-ethyl adjacent to an activating group) is 1. The molecule has 1 unspecified atom stereocenters. The molecular weight excluding hydrogens is 398 g/mol. The van der Waals surface area contributed by atoms with Gasteiger partial charge < -0.3 is 20.1 Å². The number of nitrogens with zero attached hydrogens (tertiary/aromatic N) is 4. The van der Waals surface area contributed by atoms with Crippen LogP contribution in [0.4, 0.5) is 5.82 Å². The van der Waals surface area contributed by atoms with E-state index in [1.54, 1.807) is 49.2 Å². The molecule has 4 rings (SSSR count). The largest absolute Gasteiger partial charge is 0.464 e. The van der Waals surface area contributed by atoms with E-state index in [1.807, 2.05) is 6.07 Å². The van der Waals surface area contributed by atoms with Crippen LogP contribution in [0.15, 0.2) is 36.5 Å². The molecule has 1 fully saturated rings. The zero-order valence-corrected chi connectivity index (χ0v) is 17.3. The van der Waals surface area contributed by atoms with Gasteiger partial charge in [-0.1, -0.05) is 17.9 Å². The molecule has 31 heavy (non-hydrogen) atoms. The highest BCUT2D eigenvalue weighted by molar-refractivity contribution is 6.07. The summed E-state index contributed by atoms with van der Waals surface area (Å²) < 4.78 is 6.50. The Bertz CT molecular complexity index is 1260. The van der Waals surface area contributed by atoms with Gasteiger partial charge in [0, 0.05) is 38.8 Å². The van der Waals surface area contributed by atoms with Gasteiger partial charge >= 0.3 is 5.97 Å². The number of carbonyl (C=O) groups is 2. The molecule has 0 aliphatic carbocycles. The molecule has 1 atom stereocenters. The monoisotopic (exact) mass is 419 g/mol. The molecule has 2 aromatic heterocycles. The van der Waals surface area contributed by atoms with Gasteiger partial charge in [-0.3, -0.25) is 4.79 Å². The van der Waals surface area contributed by atoms with Crippen LogP contribution in [0.1, 0.15) is 22.5 Å². The van der Waals surface area contributed by atoms with E-state index in [4.69, 9.17) is 4.74 Å². The van der Waals surface area contributed by atoms with Crippen molar-refractivity contribution in [2.24, 2.45) is 0 Å². The van der Waals surface area contributed by atoms with Crippen LogP contribution in [0.3, 0.4) is 0 Å². The van der Waals surface area contributed by atoms with E-state index in [0.29, 0.717) is 34.5 Å². The highest BCUT2D eigenvalue weighted by Gasteiger charge is 2.42. The van der Waals surface area contributed by atoms with Crippen molar-refractivity contribution in [1.29, 1.82) is 0 Å². The van der Waals surface area contributed by atoms with Crippen molar-refractivity contribution >= 4 is 28.6 Å². The molecule has 3 heterocycles. The molecule has 0 radical (unpaired) electrons. The number of ether oxygens (including phenoxy) is 1. The second-order valence-electron chi connectivity index (χ2n) is 7.19. The van der Waals surface area contributed by atoms with Gasteiger partial charge in [0.15, 0.2) is 5.69 Å². The fourth-order valence-corrected chi connectivity index (χ4v) is 3.55. The number of fused-ring (bicyclic) bond motifs is 1. The van der Waals surface area contributed by atoms with Gasteiger partial charge in [0.2, 0.25) is 5.60 Å². The Hall–Kier alpha value is -3.90. The number of carbonyl (C=O) groups excluding carboxylic acids is 2. The maximum absolute atomic E-state index is 12.3. The molecule has 1 amide bonds. The standard InChI is InChI=1S/C22H21N5O4/c1-23-19-17-16(8-11-24-19)27(25-18(17)20(28)31-3)15-6-4-5-14(13-15)7-9-22(30)10-12-26(2)21(22)29/h4-6,8,11,13,30H,10,12H2,1-3H3,(H,23,24). The molecule has 1 aliphatic rings. The summed E-state index contributed by atoms with van der Waals surface area (Å²) in [6.45, 7) is 0.460. The second kappa shape index (κ2) is 7.74. The van der Waals surface area contributed by atoms with E-state index in [1.165, 1.54) is 12.0 Å². The lowest BCUT2D eigenvalue weighted by atomic mass is 10.0. The Morgan fingerprint density at radius 2 is 2.16 bits per heavy atom. The maximum atomic E-state index is 12.3. The number of esters is 1.